The van der Waals surface area contributed by atoms with E-state index in [2.05, 4.69) is 6.92 Å². The molecule has 4 atom stereocenters. The van der Waals surface area contributed by atoms with Crippen molar-refractivity contribution in [1.29, 1.82) is 0 Å². The first kappa shape index (κ1) is 8.55. The third kappa shape index (κ3) is 1.52. The molecule has 0 heterocycles. The summed E-state index contributed by atoms with van der Waals surface area (Å²) in [5.41, 5.74) is 5.78. The van der Waals surface area contributed by atoms with Crippen LogP contribution in [0.25, 0.3) is 0 Å². The van der Waals surface area contributed by atoms with Gasteiger partial charge < -0.3 is 5.73 Å². The van der Waals surface area contributed by atoms with Crippen LogP contribution in [0.5, 0.6) is 0 Å². The lowest BCUT2D eigenvalue weighted by Crippen LogP contribution is -2.35. The summed E-state index contributed by atoms with van der Waals surface area (Å²) in [5, 5.41) is 0. The second-order valence-corrected chi connectivity index (χ2v) is 5.01. The molecule has 4 unspecified atom stereocenters. The maximum atomic E-state index is 5.78. The van der Waals surface area contributed by atoms with Crippen molar-refractivity contribution in [3.63, 3.8) is 0 Å². The van der Waals surface area contributed by atoms with E-state index in [4.69, 9.17) is 5.73 Å². The van der Waals surface area contributed by atoms with Gasteiger partial charge in [0, 0.05) is 0 Å². The molecule has 2 N–H and O–H groups in total. The summed E-state index contributed by atoms with van der Waals surface area (Å²) in [7, 11) is 0. The summed E-state index contributed by atoms with van der Waals surface area (Å²) in [6.07, 6.45) is 7.32. The van der Waals surface area contributed by atoms with E-state index in [0.717, 1.165) is 30.2 Å². The van der Waals surface area contributed by atoms with Crippen molar-refractivity contribution in [2.75, 3.05) is 6.54 Å². The maximum absolute atomic E-state index is 5.78. The molecule has 0 saturated heterocycles. The van der Waals surface area contributed by atoms with Crippen molar-refractivity contribution in [1.82, 2.24) is 0 Å². The van der Waals surface area contributed by atoms with Gasteiger partial charge >= 0.3 is 0 Å². The first-order valence-electron chi connectivity index (χ1n) is 5.49. The van der Waals surface area contributed by atoms with Gasteiger partial charge in [0.25, 0.3) is 0 Å². The summed E-state index contributed by atoms with van der Waals surface area (Å²) in [6, 6.07) is 0. The second-order valence-electron chi connectivity index (χ2n) is 5.01. The van der Waals surface area contributed by atoms with Crippen molar-refractivity contribution in [2.45, 2.75) is 39.0 Å². The van der Waals surface area contributed by atoms with Crippen molar-refractivity contribution in [2.24, 2.45) is 29.4 Å². The number of rotatable bonds is 1. The average Bonchev–Trinajstić information content (AvgIpc) is 2.04. The van der Waals surface area contributed by atoms with Crippen LogP contribution in [0.4, 0.5) is 0 Å². The van der Waals surface area contributed by atoms with E-state index in [1.54, 1.807) is 0 Å². The average molecular weight is 167 g/mol. The maximum Gasteiger partial charge on any atom is -0.00462 e. The van der Waals surface area contributed by atoms with Gasteiger partial charge in [-0.25, -0.2) is 0 Å². The Hall–Kier alpha value is -0.0400. The molecule has 0 aromatic rings. The minimum Gasteiger partial charge on any atom is -0.330 e. The molecule has 2 bridgehead atoms. The summed E-state index contributed by atoms with van der Waals surface area (Å²) in [5.74, 6) is 3.88. The highest BCUT2D eigenvalue weighted by atomic mass is 14.6. The van der Waals surface area contributed by atoms with Crippen molar-refractivity contribution in [3.05, 3.63) is 0 Å². The van der Waals surface area contributed by atoms with E-state index in [-0.39, 0.29) is 0 Å². The van der Waals surface area contributed by atoms with Crippen molar-refractivity contribution in [3.8, 4) is 0 Å². The van der Waals surface area contributed by atoms with Gasteiger partial charge in [-0.3, -0.25) is 0 Å². The molecular formula is C11H21N. The molecule has 70 valence electrons. The third-order valence-corrected chi connectivity index (χ3v) is 3.99. The second kappa shape index (κ2) is 3.37. The number of nitrogens with two attached hydrogens (primary N) is 1. The molecule has 2 aliphatic rings. The SMILES string of the molecule is CC1CC2CCC(CN)C(C1)C2. The van der Waals surface area contributed by atoms with Crippen molar-refractivity contribution >= 4 is 0 Å². The number of hydrogen-bond acceptors (Lipinski definition) is 1. The molecule has 0 aromatic carbocycles. The topological polar surface area (TPSA) is 26.0 Å². The minimum atomic E-state index is 0.865. The van der Waals surface area contributed by atoms with Crippen LogP contribution in [-0.4, -0.2) is 6.54 Å². The molecule has 0 aromatic heterocycles. The van der Waals surface area contributed by atoms with Gasteiger partial charge in [0.1, 0.15) is 0 Å². The van der Waals surface area contributed by atoms with E-state index in [0.29, 0.717) is 0 Å². The molecule has 2 rings (SSSR count). The molecule has 0 radical (unpaired) electrons. The largest absolute Gasteiger partial charge is 0.330 e. The van der Waals surface area contributed by atoms with Gasteiger partial charge in [0.15, 0.2) is 0 Å². The lowest BCUT2D eigenvalue weighted by atomic mass is 9.64. The van der Waals surface area contributed by atoms with Crippen LogP contribution >= 0.6 is 0 Å². The molecule has 12 heavy (non-hydrogen) atoms. The zero-order valence-corrected chi connectivity index (χ0v) is 8.13. The van der Waals surface area contributed by atoms with Crippen LogP contribution in [0, 0.1) is 23.7 Å². The quantitative estimate of drug-likeness (QED) is 0.637. The molecular weight excluding hydrogens is 146 g/mol. The van der Waals surface area contributed by atoms with E-state index in [9.17, 15) is 0 Å². The van der Waals surface area contributed by atoms with Gasteiger partial charge in [-0.2, -0.15) is 0 Å². The van der Waals surface area contributed by atoms with Crippen LogP contribution in [0.1, 0.15) is 39.0 Å². The molecule has 0 aliphatic heterocycles. The zero-order valence-electron chi connectivity index (χ0n) is 8.13. The first-order valence-corrected chi connectivity index (χ1v) is 5.49. The monoisotopic (exact) mass is 167 g/mol. The molecule has 0 amide bonds. The zero-order chi connectivity index (χ0) is 8.55. The Kier molecular flexibility index (Phi) is 2.40. The van der Waals surface area contributed by atoms with Gasteiger partial charge in [-0.05, 0) is 55.9 Å². The summed E-state index contributed by atoms with van der Waals surface area (Å²) in [4.78, 5) is 0. The van der Waals surface area contributed by atoms with Crippen LogP contribution in [0.3, 0.4) is 0 Å². The van der Waals surface area contributed by atoms with Crippen LogP contribution in [0.2, 0.25) is 0 Å². The van der Waals surface area contributed by atoms with Crippen LogP contribution in [-0.2, 0) is 0 Å². The molecule has 2 aliphatic carbocycles. The highest BCUT2D eigenvalue weighted by Crippen LogP contribution is 2.44. The van der Waals surface area contributed by atoms with E-state index in [1.807, 2.05) is 0 Å². The lowest BCUT2D eigenvalue weighted by molar-refractivity contribution is 0.0934. The standard InChI is InChI=1S/C11H21N/c1-8-4-9-2-3-10(7-12)11(5-8)6-9/h8-11H,2-7,12H2,1H3. The summed E-state index contributed by atoms with van der Waals surface area (Å²) >= 11 is 0. The fourth-order valence-corrected chi connectivity index (χ4v) is 3.42. The molecule has 0 spiro atoms. The van der Waals surface area contributed by atoms with Crippen molar-refractivity contribution < 1.29 is 0 Å². The van der Waals surface area contributed by atoms with E-state index < -0.39 is 0 Å². The normalized spacial score (nSPS) is 47.5. The van der Waals surface area contributed by atoms with E-state index in [1.165, 1.54) is 32.1 Å². The van der Waals surface area contributed by atoms with Gasteiger partial charge in [0.05, 0.1) is 0 Å². The Balaban J connectivity index is 2.00. The Morgan fingerprint density at radius 1 is 1.17 bits per heavy atom. The Morgan fingerprint density at radius 3 is 2.75 bits per heavy atom. The van der Waals surface area contributed by atoms with E-state index >= 15 is 0 Å². The lowest BCUT2D eigenvalue weighted by Gasteiger charge is -2.42. The summed E-state index contributed by atoms with van der Waals surface area (Å²) < 4.78 is 0. The van der Waals surface area contributed by atoms with Gasteiger partial charge in [0.2, 0.25) is 0 Å². The predicted octanol–water partition coefficient (Wildman–Crippen LogP) is 2.41. The third-order valence-electron chi connectivity index (χ3n) is 3.99. The van der Waals surface area contributed by atoms with Gasteiger partial charge in [-0.1, -0.05) is 13.3 Å². The first-order chi connectivity index (χ1) is 5.79. The fourth-order valence-electron chi connectivity index (χ4n) is 3.42. The molecule has 1 nitrogen and oxygen atoms in total. The van der Waals surface area contributed by atoms with Gasteiger partial charge in [-0.15, -0.1) is 0 Å². The minimum absolute atomic E-state index is 0.865. The van der Waals surface area contributed by atoms with Crippen LogP contribution in [0.15, 0.2) is 0 Å². The Morgan fingerprint density at radius 2 is 2.00 bits per heavy atom. The molecule has 2 fully saturated rings. The smallest absolute Gasteiger partial charge is 0.00462 e. The fraction of sp³-hybridized carbons (Fsp3) is 1.00. The number of hydrogen-bond donors (Lipinski definition) is 1. The number of fused-ring (bicyclic) bond motifs is 2. The van der Waals surface area contributed by atoms with Crippen LogP contribution < -0.4 is 5.73 Å². The Bertz CT molecular complexity index is 153. The predicted molar refractivity (Wildman–Crippen MR) is 51.8 cm³/mol. The molecule has 2 saturated carbocycles. The summed E-state index contributed by atoms with van der Waals surface area (Å²) in [6.45, 7) is 3.35. The Labute approximate surface area is 75.7 Å². The molecule has 1 heteroatoms. The highest BCUT2D eigenvalue weighted by molar-refractivity contribution is 4.86. The highest BCUT2D eigenvalue weighted by Gasteiger charge is 2.35.